The average molecular weight is 857 g/mol. The number of rotatable bonds is 7. The van der Waals surface area contributed by atoms with Gasteiger partial charge in [-0.1, -0.05) is 190 Å². The maximum absolute atomic E-state index is 2.49. The molecule has 0 aromatic heterocycles. The maximum atomic E-state index is 2.49. The van der Waals surface area contributed by atoms with Crippen LogP contribution in [0.5, 0.6) is 0 Å². The average Bonchev–Trinajstić information content (AvgIpc) is 3.80. The highest BCUT2D eigenvalue weighted by Gasteiger charge is 2.49. The van der Waals surface area contributed by atoms with Crippen molar-refractivity contribution in [2.75, 3.05) is 9.80 Å². The fraction of sp³-hybridized carbons (Fsp3) is 0.0769. The highest BCUT2D eigenvalue weighted by Crippen LogP contribution is 2.64. The van der Waals surface area contributed by atoms with Crippen molar-refractivity contribution < 1.29 is 0 Å². The normalized spacial score (nSPS) is 15.5. The van der Waals surface area contributed by atoms with Gasteiger partial charge in [0, 0.05) is 33.5 Å². The third-order valence-corrected chi connectivity index (χ3v) is 15.0. The maximum Gasteiger partial charge on any atom is 0.0540 e. The van der Waals surface area contributed by atoms with E-state index in [1.54, 1.807) is 0 Å². The molecule has 3 aliphatic rings. The summed E-state index contributed by atoms with van der Waals surface area (Å²) in [4.78, 5) is 4.95. The van der Waals surface area contributed by atoms with E-state index in [1.807, 2.05) is 0 Å². The van der Waals surface area contributed by atoms with Crippen molar-refractivity contribution in [2.24, 2.45) is 0 Å². The van der Waals surface area contributed by atoms with Crippen molar-refractivity contribution in [3.8, 4) is 55.6 Å². The molecule has 0 amide bonds. The van der Waals surface area contributed by atoms with Crippen LogP contribution >= 0.6 is 0 Å². The van der Waals surface area contributed by atoms with Gasteiger partial charge in [-0.05, 0) is 145 Å². The Morgan fingerprint density at radius 1 is 0.343 bits per heavy atom. The van der Waals surface area contributed by atoms with E-state index in [2.05, 4.69) is 267 Å². The van der Waals surface area contributed by atoms with E-state index < -0.39 is 0 Å². The van der Waals surface area contributed by atoms with Crippen molar-refractivity contribution in [1.29, 1.82) is 0 Å². The first-order valence-electron chi connectivity index (χ1n) is 23.5. The van der Waals surface area contributed by atoms with Crippen LogP contribution in [-0.2, 0) is 10.8 Å². The van der Waals surface area contributed by atoms with E-state index in [0.29, 0.717) is 0 Å². The lowest BCUT2D eigenvalue weighted by Gasteiger charge is -2.43. The predicted molar refractivity (Wildman–Crippen MR) is 281 cm³/mol. The van der Waals surface area contributed by atoms with Crippen molar-refractivity contribution >= 4 is 34.1 Å². The largest absolute Gasteiger partial charge is 0.310 e. The Labute approximate surface area is 393 Å². The van der Waals surface area contributed by atoms with Gasteiger partial charge in [-0.25, -0.2) is 0 Å². The van der Waals surface area contributed by atoms with Crippen molar-refractivity contribution in [3.63, 3.8) is 0 Å². The molecule has 1 heterocycles. The Balaban J connectivity index is 0.993. The van der Waals surface area contributed by atoms with Crippen LogP contribution in [0.2, 0.25) is 0 Å². The molecule has 318 valence electrons. The van der Waals surface area contributed by atoms with Gasteiger partial charge in [-0.3, -0.25) is 0 Å². The van der Waals surface area contributed by atoms with Gasteiger partial charge in [-0.2, -0.15) is 0 Å². The molecule has 0 bridgehead atoms. The fourth-order valence-corrected chi connectivity index (χ4v) is 11.9. The Hall–Kier alpha value is -8.20. The van der Waals surface area contributed by atoms with Gasteiger partial charge in [0.05, 0.1) is 17.1 Å². The van der Waals surface area contributed by atoms with Gasteiger partial charge in [0.2, 0.25) is 0 Å². The van der Waals surface area contributed by atoms with Gasteiger partial charge in [0.1, 0.15) is 0 Å². The van der Waals surface area contributed by atoms with Crippen molar-refractivity contribution in [3.05, 3.63) is 264 Å². The van der Waals surface area contributed by atoms with E-state index in [1.165, 1.54) is 94.8 Å². The molecule has 67 heavy (non-hydrogen) atoms. The van der Waals surface area contributed by atoms with Crippen LogP contribution in [0.1, 0.15) is 48.6 Å². The zero-order chi connectivity index (χ0) is 44.9. The number of fused-ring (bicyclic) bond motifs is 8. The minimum atomic E-state index is -0.387. The van der Waals surface area contributed by atoms with E-state index in [0.717, 1.165) is 22.7 Å². The highest BCUT2D eigenvalue weighted by molar-refractivity contribution is 6.03. The monoisotopic (exact) mass is 856 g/mol. The van der Waals surface area contributed by atoms with Crippen LogP contribution in [0.4, 0.5) is 34.1 Å². The summed E-state index contributed by atoms with van der Waals surface area (Å²) in [5, 5.41) is 0. The summed E-state index contributed by atoms with van der Waals surface area (Å²) in [5.74, 6) is 0. The number of hydrogen-bond acceptors (Lipinski definition) is 2. The number of anilines is 6. The third-order valence-electron chi connectivity index (χ3n) is 15.0. The second kappa shape index (κ2) is 14.9. The standard InChI is InChI=1S/C65H48N2/c1-64(2)55-28-16-13-26-52(55)53-37-36-49(42-57(53)64)66(59-30-18-15-25-50(59)44-21-9-5-10-22-44)48-34-31-45(32-35-48)51-38-40-61-63-62(51)54-27-14-17-29-56(54)65(63,3)58-41-46(43-19-7-4-8-20-43)33-39-60(58)67(61)47-23-11-6-12-24-47/h4-42H,1-3H3. The van der Waals surface area contributed by atoms with E-state index in [-0.39, 0.29) is 10.8 Å². The van der Waals surface area contributed by atoms with Gasteiger partial charge >= 0.3 is 0 Å². The van der Waals surface area contributed by atoms with E-state index >= 15 is 0 Å². The molecule has 1 atom stereocenters. The highest BCUT2D eigenvalue weighted by atomic mass is 15.2. The Bertz CT molecular complexity index is 3550. The smallest absolute Gasteiger partial charge is 0.0540 e. The molecule has 10 aromatic rings. The molecule has 10 aromatic carbocycles. The molecule has 0 N–H and O–H groups in total. The number of benzene rings is 10. The predicted octanol–water partition coefficient (Wildman–Crippen LogP) is 17.6. The van der Waals surface area contributed by atoms with E-state index in [4.69, 9.17) is 0 Å². The Kier molecular flexibility index (Phi) is 8.73. The Morgan fingerprint density at radius 3 is 1.63 bits per heavy atom. The molecule has 0 radical (unpaired) electrons. The van der Waals surface area contributed by atoms with Crippen LogP contribution in [-0.4, -0.2) is 0 Å². The molecule has 2 heteroatoms. The molecule has 0 spiro atoms. The lowest BCUT2D eigenvalue weighted by molar-refractivity contribution is 0.660. The summed E-state index contributed by atoms with van der Waals surface area (Å²) in [7, 11) is 0. The van der Waals surface area contributed by atoms with Gasteiger partial charge < -0.3 is 9.80 Å². The van der Waals surface area contributed by atoms with Crippen LogP contribution in [0.15, 0.2) is 237 Å². The fourth-order valence-electron chi connectivity index (χ4n) is 11.9. The molecule has 2 nitrogen and oxygen atoms in total. The van der Waals surface area contributed by atoms with Gasteiger partial charge in [0.15, 0.2) is 0 Å². The number of hydrogen-bond donors (Lipinski definition) is 0. The summed E-state index contributed by atoms with van der Waals surface area (Å²) >= 11 is 0. The number of nitrogens with zero attached hydrogens (tertiary/aromatic N) is 2. The molecule has 0 saturated carbocycles. The molecule has 13 rings (SSSR count). The number of para-hydroxylation sites is 2. The van der Waals surface area contributed by atoms with Crippen molar-refractivity contribution in [2.45, 2.75) is 31.6 Å². The quantitative estimate of drug-likeness (QED) is 0.158. The second-order valence-electron chi connectivity index (χ2n) is 19.0. The Morgan fingerprint density at radius 2 is 0.881 bits per heavy atom. The molecule has 0 fully saturated rings. The second-order valence-corrected chi connectivity index (χ2v) is 19.0. The zero-order valence-electron chi connectivity index (χ0n) is 37.9. The first-order valence-corrected chi connectivity index (χ1v) is 23.5. The van der Waals surface area contributed by atoms with Crippen LogP contribution in [0.25, 0.3) is 55.6 Å². The van der Waals surface area contributed by atoms with Crippen LogP contribution in [0.3, 0.4) is 0 Å². The summed E-state index contributed by atoms with van der Waals surface area (Å²) < 4.78 is 0. The minimum Gasteiger partial charge on any atom is -0.310 e. The lowest BCUT2D eigenvalue weighted by atomic mass is 9.69. The van der Waals surface area contributed by atoms with Gasteiger partial charge in [0.25, 0.3) is 0 Å². The molecule has 2 aliphatic carbocycles. The topological polar surface area (TPSA) is 6.48 Å². The molecule has 0 saturated heterocycles. The molecular formula is C65H48N2. The first kappa shape index (κ1) is 39.2. The van der Waals surface area contributed by atoms with E-state index in [9.17, 15) is 0 Å². The summed E-state index contributed by atoms with van der Waals surface area (Å²) in [5.41, 5.74) is 25.7. The first-order chi connectivity index (χ1) is 32.9. The van der Waals surface area contributed by atoms with Gasteiger partial charge in [-0.15, -0.1) is 0 Å². The summed E-state index contributed by atoms with van der Waals surface area (Å²) in [6.07, 6.45) is 0. The zero-order valence-corrected chi connectivity index (χ0v) is 37.9. The SMILES string of the molecule is CC1(C)c2ccccc2-c2ccc(N(c3ccc(-c4ccc5c6c4-c4ccccc4C6(C)c4cc(-c6ccccc6)ccc4N5c4ccccc4)cc3)c3ccccc3-c3ccccc3)cc21. The lowest BCUT2D eigenvalue weighted by Crippen LogP contribution is -2.32. The summed E-state index contributed by atoms with van der Waals surface area (Å²) in [6.45, 7) is 7.19. The molecular weight excluding hydrogens is 809 g/mol. The molecule has 1 unspecified atom stereocenters. The summed E-state index contributed by atoms with van der Waals surface area (Å²) in [6, 6.07) is 87.6. The van der Waals surface area contributed by atoms with Crippen LogP contribution in [0, 0.1) is 0 Å². The third kappa shape index (κ3) is 5.82. The van der Waals surface area contributed by atoms with Crippen molar-refractivity contribution in [1.82, 2.24) is 0 Å². The minimum absolute atomic E-state index is 0.129. The van der Waals surface area contributed by atoms with Crippen LogP contribution < -0.4 is 9.80 Å². The molecule has 1 aliphatic heterocycles.